The summed E-state index contributed by atoms with van der Waals surface area (Å²) in [6, 6.07) is 9.42. The SMILES string of the molecule is CS(=O)(=O)c1cnc(-c2ccncc2)nc1C1CCN(C(=O)c2ccccc2F)CC1. The number of piperidine rings is 1. The van der Waals surface area contributed by atoms with Crippen molar-refractivity contribution < 1.29 is 17.6 Å². The van der Waals surface area contributed by atoms with E-state index >= 15 is 0 Å². The van der Waals surface area contributed by atoms with Crippen LogP contribution in [0.3, 0.4) is 0 Å². The number of hydrogen-bond donors (Lipinski definition) is 0. The van der Waals surface area contributed by atoms with Gasteiger partial charge in [0.05, 0.1) is 11.3 Å². The van der Waals surface area contributed by atoms with Crippen LogP contribution in [0.4, 0.5) is 4.39 Å². The first-order valence-electron chi connectivity index (χ1n) is 9.86. The smallest absolute Gasteiger partial charge is 0.256 e. The lowest BCUT2D eigenvalue weighted by atomic mass is 9.92. The summed E-state index contributed by atoms with van der Waals surface area (Å²) in [7, 11) is -3.53. The van der Waals surface area contributed by atoms with Gasteiger partial charge < -0.3 is 4.90 Å². The van der Waals surface area contributed by atoms with E-state index in [-0.39, 0.29) is 22.3 Å². The number of pyridine rings is 1. The number of amides is 1. The number of carbonyl (C=O) groups excluding carboxylic acids is 1. The van der Waals surface area contributed by atoms with Crippen LogP contribution in [-0.4, -0.2) is 53.5 Å². The minimum absolute atomic E-state index is 0.0415. The Morgan fingerprint density at radius 3 is 2.42 bits per heavy atom. The van der Waals surface area contributed by atoms with Gasteiger partial charge in [0.2, 0.25) is 0 Å². The van der Waals surface area contributed by atoms with Gasteiger partial charge in [-0.3, -0.25) is 9.78 Å². The molecule has 1 aromatic carbocycles. The number of aromatic nitrogens is 3. The molecular weight excluding hydrogens is 419 g/mol. The van der Waals surface area contributed by atoms with Crippen molar-refractivity contribution in [3.05, 3.63) is 72.1 Å². The molecule has 1 fully saturated rings. The van der Waals surface area contributed by atoms with E-state index in [0.29, 0.717) is 37.4 Å². The van der Waals surface area contributed by atoms with E-state index in [1.165, 1.54) is 18.3 Å². The molecule has 2 aromatic heterocycles. The minimum atomic E-state index is -3.53. The van der Waals surface area contributed by atoms with Gasteiger partial charge in [0.25, 0.3) is 5.91 Å². The van der Waals surface area contributed by atoms with Gasteiger partial charge in [0, 0.05) is 49.4 Å². The monoisotopic (exact) mass is 440 g/mol. The zero-order chi connectivity index (χ0) is 22.0. The molecule has 0 radical (unpaired) electrons. The van der Waals surface area contributed by atoms with E-state index in [2.05, 4.69) is 15.0 Å². The zero-order valence-corrected chi connectivity index (χ0v) is 17.7. The molecule has 3 heterocycles. The Morgan fingerprint density at radius 1 is 1.10 bits per heavy atom. The number of carbonyl (C=O) groups is 1. The quantitative estimate of drug-likeness (QED) is 0.619. The van der Waals surface area contributed by atoms with Crippen molar-refractivity contribution in [1.82, 2.24) is 19.9 Å². The van der Waals surface area contributed by atoms with Crippen LogP contribution in [0.1, 0.15) is 34.8 Å². The first-order valence-corrected chi connectivity index (χ1v) is 11.7. The third kappa shape index (κ3) is 4.46. The number of halogens is 1. The fraction of sp³-hybridized carbons (Fsp3) is 0.273. The Morgan fingerprint density at radius 2 is 1.77 bits per heavy atom. The van der Waals surface area contributed by atoms with E-state index in [1.807, 2.05) is 0 Å². The van der Waals surface area contributed by atoms with Gasteiger partial charge in [-0.1, -0.05) is 12.1 Å². The van der Waals surface area contributed by atoms with Crippen molar-refractivity contribution >= 4 is 15.7 Å². The molecule has 0 aliphatic carbocycles. The number of likely N-dealkylation sites (tertiary alicyclic amines) is 1. The summed E-state index contributed by atoms with van der Waals surface area (Å²) >= 11 is 0. The fourth-order valence-corrected chi connectivity index (χ4v) is 4.60. The third-order valence-electron chi connectivity index (χ3n) is 5.39. The molecule has 1 aliphatic rings. The standard InChI is InChI=1S/C22H21FN4O3S/c1-31(29,30)19-14-25-21(16-6-10-24-11-7-16)26-20(19)15-8-12-27(13-9-15)22(28)17-4-2-3-5-18(17)23/h2-7,10-11,14-15H,8-9,12-13H2,1H3. The summed E-state index contributed by atoms with van der Waals surface area (Å²) in [5, 5.41) is 0. The molecule has 0 saturated carbocycles. The molecule has 1 aliphatic heterocycles. The van der Waals surface area contributed by atoms with Gasteiger partial charge >= 0.3 is 0 Å². The Labute approximate surface area is 179 Å². The number of hydrogen-bond acceptors (Lipinski definition) is 6. The van der Waals surface area contributed by atoms with Crippen molar-refractivity contribution in [1.29, 1.82) is 0 Å². The first kappa shape index (κ1) is 21.0. The molecule has 0 N–H and O–H groups in total. The van der Waals surface area contributed by atoms with E-state index in [4.69, 9.17) is 0 Å². The van der Waals surface area contributed by atoms with E-state index in [1.54, 1.807) is 41.6 Å². The van der Waals surface area contributed by atoms with Crippen LogP contribution in [0.25, 0.3) is 11.4 Å². The molecule has 0 spiro atoms. The average molecular weight is 441 g/mol. The summed E-state index contributed by atoms with van der Waals surface area (Å²) in [6.07, 6.45) is 6.78. The van der Waals surface area contributed by atoms with Crippen LogP contribution >= 0.6 is 0 Å². The highest BCUT2D eigenvalue weighted by molar-refractivity contribution is 7.90. The van der Waals surface area contributed by atoms with Crippen LogP contribution in [0.5, 0.6) is 0 Å². The first-order chi connectivity index (χ1) is 14.8. The van der Waals surface area contributed by atoms with Crippen LogP contribution in [-0.2, 0) is 9.84 Å². The number of sulfone groups is 1. The second-order valence-electron chi connectivity index (χ2n) is 7.50. The molecule has 9 heteroatoms. The van der Waals surface area contributed by atoms with E-state index < -0.39 is 15.7 Å². The van der Waals surface area contributed by atoms with Crippen LogP contribution in [0, 0.1) is 5.82 Å². The highest BCUT2D eigenvalue weighted by atomic mass is 32.2. The molecule has 3 aromatic rings. The summed E-state index contributed by atoms with van der Waals surface area (Å²) in [6.45, 7) is 0.769. The maximum absolute atomic E-state index is 14.0. The summed E-state index contributed by atoms with van der Waals surface area (Å²) in [4.78, 5) is 27.2. The zero-order valence-electron chi connectivity index (χ0n) is 16.9. The van der Waals surface area contributed by atoms with Crippen molar-refractivity contribution in [3.8, 4) is 11.4 Å². The van der Waals surface area contributed by atoms with Gasteiger partial charge in [0.15, 0.2) is 15.7 Å². The van der Waals surface area contributed by atoms with Gasteiger partial charge in [-0.05, 0) is 37.1 Å². The summed E-state index contributed by atoms with van der Waals surface area (Å²) in [5.74, 6) is -0.639. The van der Waals surface area contributed by atoms with E-state index in [9.17, 15) is 17.6 Å². The Bertz CT molecular complexity index is 1210. The maximum atomic E-state index is 14.0. The second kappa shape index (κ2) is 8.50. The lowest BCUT2D eigenvalue weighted by molar-refractivity contribution is 0.0706. The average Bonchev–Trinajstić information content (AvgIpc) is 2.79. The number of nitrogens with zero attached hydrogens (tertiary/aromatic N) is 4. The molecule has 0 unspecified atom stereocenters. The highest BCUT2D eigenvalue weighted by Crippen LogP contribution is 2.32. The lowest BCUT2D eigenvalue weighted by Gasteiger charge is -2.32. The Balaban J connectivity index is 1.60. The molecule has 160 valence electrons. The predicted octanol–water partition coefficient (Wildman–Crippen LogP) is 3.10. The Hall–Kier alpha value is -3.20. The molecule has 1 amide bonds. The normalized spacial score (nSPS) is 15.1. The minimum Gasteiger partial charge on any atom is -0.339 e. The molecule has 0 atom stereocenters. The fourth-order valence-electron chi connectivity index (χ4n) is 3.76. The predicted molar refractivity (Wildman–Crippen MR) is 113 cm³/mol. The molecule has 1 saturated heterocycles. The molecule has 0 bridgehead atoms. The summed E-state index contributed by atoms with van der Waals surface area (Å²) < 4.78 is 38.7. The largest absolute Gasteiger partial charge is 0.339 e. The van der Waals surface area contributed by atoms with Gasteiger partial charge in [-0.25, -0.2) is 22.8 Å². The second-order valence-corrected chi connectivity index (χ2v) is 9.48. The lowest BCUT2D eigenvalue weighted by Crippen LogP contribution is -2.38. The van der Waals surface area contributed by atoms with Crippen molar-refractivity contribution in [2.24, 2.45) is 0 Å². The molecule has 7 nitrogen and oxygen atoms in total. The van der Waals surface area contributed by atoms with Gasteiger partial charge in [-0.15, -0.1) is 0 Å². The Kier molecular flexibility index (Phi) is 5.77. The van der Waals surface area contributed by atoms with Crippen LogP contribution < -0.4 is 0 Å². The van der Waals surface area contributed by atoms with Crippen molar-refractivity contribution in [2.75, 3.05) is 19.3 Å². The van der Waals surface area contributed by atoms with E-state index in [0.717, 1.165) is 11.8 Å². The topological polar surface area (TPSA) is 93.1 Å². The van der Waals surface area contributed by atoms with Crippen LogP contribution in [0.15, 0.2) is 59.9 Å². The van der Waals surface area contributed by atoms with Gasteiger partial charge in [0.1, 0.15) is 10.7 Å². The molecule has 31 heavy (non-hydrogen) atoms. The third-order valence-corrected chi connectivity index (χ3v) is 6.51. The van der Waals surface area contributed by atoms with Gasteiger partial charge in [-0.2, -0.15) is 0 Å². The highest BCUT2D eigenvalue weighted by Gasteiger charge is 2.30. The summed E-state index contributed by atoms with van der Waals surface area (Å²) in [5.41, 5.74) is 1.24. The number of benzene rings is 1. The molecular formula is C22H21FN4O3S. The van der Waals surface area contributed by atoms with Crippen molar-refractivity contribution in [3.63, 3.8) is 0 Å². The van der Waals surface area contributed by atoms with Crippen molar-refractivity contribution in [2.45, 2.75) is 23.7 Å². The number of rotatable bonds is 4. The molecule has 4 rings (SSSR count). The maximum Gasteiger partial charge on any atom is 0.256 e. The van der Waals surface area contributed by atoms with Crippen LogP contribution in [0.2, 0.25) is 0 Å².